The van der Waals surface area contributed by atoms with Gasteiger partial charge in [0.1, 0.15) is 0 Å². The second kappa shape index (κ2) is 5.92. The summed E-state index contributed by atoms with van der Waals surface area (Å²) in [4.78, 5) is 0. The van der Waals surface area contributed by atoms with Gasteiger partial charge in [-0.15, -0.1) is 0 Å². The number of nitrogens with zero attached hydrogens (tertiary/aromatic N) is 1. The van der Waals surface area contributed by atoms with Gasteiger partial charge in [-0.25, -0.2) is 13.1 Å². The van der Waals surface area contributed by atoms with Crippen LogP contribution < -0.4 is 10.5 Å². The molecule has 0 atom stereocenters. The molecule has 0 saturated carbocycles. The number of rotatable bonds is 5. The summed E-state index contributed by atoms with van der Waals surface area (Å²) in [5, 5.41) is 6.99. The van der Waals surface area contributed by atoms with Gasteiger partial charge >= 0.3 is 0 Å². The number of aryl methyl sites for hydroxylation is 1. The molecule has 0 aliphatic rings. The Bertz CT molecular complexity index is 695. The molecular formula is C12H15ClN4O2S. The zero-order valence-electron chi connectivity index (χ0n) is 10.9. The Hall–Kier alpha value is -1.41. The van der Waals surface area contributed by atoms with E-state index in [-0.39, 0.29) is 18.1 Å². The van der Waals surface area contributed by atoms with E-state index in [1.165, 1.54) is 0 Å². The Labute approximate surface area is 122 Å². The number of benzene rings is 1. The first-order chi connectivity index (χ1) is 9.44. The Morgan fingerprint density at radius 2 is 2.00 bits per heavy atom. The van der Waals surface area contributed by atoms with Crippen LogP contribution in [0, 0.1) is 6.92 Å². The average Bonchev–Trinajstić information content (AvgIpc) is 2.80. The van der Waals surface area contributed by atoms with Crippen LogP contribution in [-0.4, -0.2) is 18.6 Å². The highest BCUT2D eigenvalue weighted by atomic mass is 35.5. The molecule has 2 aromatic rings. The van der Waals surface area contributed by atoms with Crippen molar-refractivity contribution in [3.8, 4) is 0 Å². The molecule has 0 saturated heterocycles. The SMILES string of the molecule is Cc1[nH]nc(S(=O)(=O)NCc2ccc(Cl)cc2)c1CN. The van der Waals surface area contributed by atoms with Crippen LogP contribution in [-0.2, 0) is 23.1 Å². The predicted molar refractivity (Wildman–Crippen MR) is 76.7 cm³/mol. The van der Waals surface area contributed by atoms with Crippen LogP contribution in [0.3, 0.4) is 0 Å². The minimum absolute atomic E-state index is 0.0496. The molecule has 0 amide bonds. The number of H-pyrrole nitrogens is 1. The minimum Gasteiger partial charge on any atom is -0.326 e. The second-order valence-electron chi connectivity index (χ2n) is 4.29. The van der Waals surface area contributed by atoms with E-state index in [1.54, 1.807) is 31.2 Å². The summed E-state index contributed by atoms with van der Waals surface area (Å²) in [6.45, 7) is 2.00. The molecule has 1 heterocycles. The molecule has 0 unspecified atom stereocenters. The monoisotopic (exact) mass is 314 g/mol. The van der Waals surface area contributed by atoms with Crippen molar-refractivity contribution < 1.29 is 8.42 Å². The van der Waals surface area contributed by atoms with Gasteiger partial charge in [0.2, 0.25) is 0 Å². The van der Waals surface area contributed by atoms with Crippen molar-refractivity contribution in [2.75, 3.05) is 0 Å². The van der Waals surface area contributed by atoms with Crippen LogP contribution in [0.1, 0.15) is 16.8 Å². The van der Waals surface area contributed by atoms with Gasteiger partial charge in [0.25, 0.3) is 10.0 Å². The van der Waals surface area contributed by atoms with E-state index in [0.29, 0.717) is 16.3 Å². The van der Waals surface area contributed by atoms with Crippen LogP contribution in [0.2, 0.25) is 5.02 Å². The summed E-state index contributed by atoms with van der Waals surface area (Å²) in [5.41, 5.74) is 7.50. The molecule has 1 aromatic carbocycles. The summed E-state index contributed by atoms with van der Waals surface area (Å²) in [6.07, 6.45) is 0. The smallest absolute Gasteiger partial charge is 0.260 e. The van der Waals surface area contributed by atoms with Crippen molar-refractivity contribution in [3.63, 3.8) is 0 Å². The van der Waals surface area contributed by atoms with Crippen LogP contribution in [0.4, 0.5) is 0 Å². The van der Waals surface area contributed by atoms with E-state index in [9.17, 15) is 8.42 Å². The Kier molecular flexibility index (Phi) is 4.44. The standard InChI is InChI=1S/C12H15ClN4O2S/c1-8-11(6-14)12(17-16-8)20(18,19)15-7-9-2-4-10(13)5-3-9/h2-5,15H,6-7,14H2,1H3,(H,16,17). The van der Waals surface area contributed by atoms with E-state index in [0.717, 1.165) is 5.56 Å². The van der Waals surface area contributed by atoms with Gasteiger partial charge in [-0.2, -0.15) is 5.10 Å². The van der Waals surface area contributed by atoms with Gasteiger partial charge in [-0.05, 0) is 24.6 Å². The van der Waals surface area contributed by atoms with Crippen LogP contribution in [0.15, 0.2) is 29.3 Å². The van der Waals surface area contributed by atoms with Crippen molar-refractivity contribution in [1.29, 1.82) is 0 Å². The fraction of sp³-hybridized carbons (Fsp3) is 0.250. The molecular weight excluding hydrogens is 300 g/mol. The van der Waals surface area contributed by atoms with E-state index < -0.39 is 10.0 Å². The number of aromatic amines is 1. The number of hydrogen-bond acceptors (Lipinski definition) is 4. The highest BCUT2D eigenvalue weighted by molar-refractivity contribution is 7.89. The third-order valence-corrected chi connectivity index (χ3v) is 4.50. The van der Waals surface area contributed by atoms with Crippen molar-refractivity contribution >= 4 is 21.6 Å². The minimum atomic E-state index is -3.70. The van der Waals surface area contributed by atoms with Gasteiger partial charge in [-0.3, -0.25) is 5.10 Å². The van der Waals surface area contributed by atoms with Crippen molar-refractivity contribution in [2.24, 2.45) is 5.73 Å². The lowest BCUT2D eigenvalue weighted by Crippen LogP contribution is -2.25. The van der Waals surface area contributed by atoms with Crippen LogP contribution in [0.25, 0.3) is 0 Å². The first-order valence-corrected chi connectivity index (χ1v) is 7.78. The number of hydrogen-bond donors (Lipinski definition) is 3. The molecule has 0 bridgehead atoms. The van der Waals surface area contributed by atoms with Crippen LogP contribution >= 0.6 is 11.6 Å². The lowest BCUT2D eigenvalue weighted by molar-refractivity contribution is 0.575. The van der Waals surface area contributed by atoms with E-state index in [1.807, 2.05) is 0 Å². The van der Waals surface area contributed by atoms with Gasteiger partial charge in [-0.1, -0.05) is 23.7 Å². The molecule has 0 radical (unpaired) electrons. The van der Waals surface area contributed by atoms with Crippen molar-refractivity contribution in [2.45, 2.75) is 25.0 Å². The largest absolute Gasteiger partial charge is 0.326 e. The quantitative estimate of drug-likeness (QED) is 0.774. The van der Waals surface area contributed by atoms with Crippen LogP contribution in [0.5, 0.6) is 0 Å². The summed E-state index contributed by atoms with van der Waals surface area (Å²) in [7, 11) is -3.70. The first kappa shape index (κ1) is 15.0. The molecule has 6 nitrogen and oxygen atoms in total. The fourth-order valence-corrected chi connectivity index (χ4v) is 3.09. The number of nitrogens with one attached hydrogen (secondary N) is 2. The number of sulfonamides is 1. The van der Waals surface area contributed by atoms with Crippen molar-refractivity contribution in [3.05, 3.63) is 46.1 Å². The summed E-state index contributed by atoms with van der Waals surface area (Å²) in [6, 6.07) is 6.92. The molecule has 0 aliphatic heterocycles. The highest BCUT2D eigenvalue weighted by Crippen LogP contribution is 2.16. The topological polar surface area (TPSA) is 101 Å². The molecule has 4 N–H and O–H groups in total. The molecule has 20 heavy (non-hydrogen) atoms. The third kappa shape index (κ3) is 3.18. The van der Waals surface area contributed by atoms with E-state index in [4.69, 9.17) is 17.3 Å². The average molecular weight is 315 g/mol. The molecule has 0 aliphatic carbocycles. The fourth-order valence-electron chi connectivity index (χ4n) is 1.74. The van der Waals surface area contributed by atoms with Gasteiger partial charge in [0.15, 0.2) is 5.03 Å². The molecule has 2 rings (SSSR count). The Balaban J connectivity index is 2.17. The second-order valence-corrected chi connectivity index (χ2v) is 6.41. The van der Waals surface area contributed by atoms with Crippen molar-refractivity contribution in [1.82, 2.24) is 14.9 Å². The maximum Gasteiger partial charge on any atom is 0.260 e. The maximum absolute atomic E-state index is 12.2. The number of aromatic nitrogens is 2. The number of nitrogens with two attached hydrogens (primary N) is 1. The zero-order chi connectivity index (χ0) is 14.8. The summed E-state index contributed by atoms with van der Waals surface area (Å²) < 4.78 is 26.9. The van der Waals surface area contributed by atoms with Gasteiger partial charge in [0, 0.05) is 29.4 Å². The molecule has 0 spiro atoms. The maximum atomic E-state index is 12.2. The molecule has 8 heteroatoms. The molecule has 0 fully saturated rings. The third-order valence-electron chi connectivity index (χ3n) is 2.87. The predicted octanol–water partition coefficient (Wildman–Crippen LogP) is 1.31. The summed E-state index contributed by atoms with van der Waals surface area (Å²) in [5.74, 6) is 0. The lowest BCUT2D eigenvalue weighted by atomic mass is 10.2. The lowest BCUT2D eigenvalue weighted by Gasteiger charge is -2.06. The number of halogens is 1. The Morgan fingerprint density at radius 3 is 2.60 bits per heavy atom. The van der Waals surface area contributed by atoms with E-state index in [2.05, 4.69) is 14.9 Å². The van der Waals surface area contributed by atoms with Gasteiger partial charge < -0.3 is 5.73 Å². The normalized spacial score (nSPS) is 11.8. The van der Waals surface area contributed by atoms with Gasteiger partial charge in [0.05, 0.1) is 0 Å². The molecule has 1 aromatic heterocycles. The molecule has 108 valence electrons. The highest BCUT2D eigenvalue weighted by Gasteiger charge is 2.22. The first-order valence-electron chi connectivity index (χ1n) is 5.92. The Morgan fingerprint density at radius 1 is 1.35 bits per heavy atom. The van der Waals surface area contributed by atoms with E-state index >= 15 is 0 Å². The zero-order valence-corrected chi connectivity index (χ0v) is 12.4. The summed E-state index contributed by atoms with van der Waals surface area (Å²) >= 11 is 5.77.